The van der Waals surface area contributed by atoms with Crippen LogP contribution in [0.4, 0.5) is 0 Å². The van der Waals surface area contributed by atoms with Gasteiger partial charge in [0.1, 0.15) is 12.6 Å². The van der Waals surface area contributed by atoms with Gasteiger partial charge in [0.25, 0.3) is 0 Å². The molecule has 0 heterocycles. The van der Waals surface area contributed by atoms with Crippen LogP contribution in [0.25, 0.3) is 0 Å². The first-order chi connectivity index (χ1) is 5.98. The second kappa shape index (κ2) is 6.54. The van der Waals surface area contributed by atoms with E-state index in [1.807, 2.05) is 14.1 Å². The van der Waals surface area contributed by atoms with E-state index in [9.17, 15) is 0 Å². The summed E-state index contributed by atoms with van der Waals surface area (Å²) in [4.78, 5) is 0. The zero-order valence-corrected chi connectivity index (χ0v) is 10.0. The molecule has 3 N–H and O–H groups in total. The minimum Gasteiger partial charge on any atom is -0.736 e. The maximum atomic E-state index is 8.94. The molecular formula is C6H17ClN2O4S. The van der Waals surface area contributed by atoms with E-state index >= 15 is 0 Å². The number of quaternary nitrogens is 1. The molecule has 0 aliphatic heterocycles. The number of nitrogens with zero attached hydrogens (tertiary/aromatic N) is 1. The summed E-state index contributed by atoms with van der Waals surface area (Å²) in [5.41, 5.74) is 0. The number of nitrogens with two attached hydrogens (primary N) is 1. The first-order valence-electron chi connectivity index (χ1n) is 3.77. The predicted molar refractivity (Wildman–Crippen MR) is 53.3 cm³/mol. The fourth-order valence-corrected chi connectivity index (χ4v) is 0.862. The molecule has 0 aliphatic rings. The summed E-state index contributed by atoms with van der Waals surface area (Å²) in [7, 11) is -0.445. The molecule has 0 fully saturated rings. The number of halogens is 1. The number of aliphatic hydroxyl groups is 1. The third-order valence-corrected chi connectivity index (χ3v) is 1.73. The first-order valence-corrected chi connectivity index (χ1v) is 5.78. The van der Waals surface area contributed by atoms with Crippen molar-refractivity contribution in [3.63, 3.8) is 0 Å². The van der Waals surface area contributed by atoms with Crippen LogP contribution in [-0.2, 0) is 10.3 Å². The lowest BCUT2D eigenvalue weighted by molar-refractivity contribution is -0.882. The van der Waals surface area contributed by atoms with Gasteiger partial charge < -0.3 is 14.1 Å². The number of rotatable bonds is 3. The van der Waals surface area contributed by atoms with Gasteiger partial charge in [-0.2, -0.15) is 0 Å². The van der Waals surface area contributed by atoms with Crippen molar-refractivity contribution in [2.45, 2.75) is 13.0 Å². The largest absolute Gasteiger partial charge is 0.736 e. The summed E-state index contributed by atoms with van der Waals surface area (Å²) in [5.74, 6) is 0. The summed E-state index contributed by atoms with van der Waals surface area (Å²) in [6.45, 7) is 2.48. The lowest BCUT2D eigenvalue weighted by Gasteiger charge is -2.27. The molecule has 14 heavy (non-hydrogen) atoms. The van der Waals surface area contributed by atoms with Gasteiger partial charge >= 0.3 is 0 Å². The van der Waals surface area contributed by atoms with Crippen LogP contribution >= 0.6 is 11.6 Å². The summed E-state index contributed by atoms with van der Waals surface area (Å²) < 4.78 is 27.2. The first kappa shape index (κ1) is 16.5. The molecule has 0 saturated carbocycles. The topological polar surface area (TPSA) is 103 Å². The van der Waals surface area contributed by atoms with Crippen LogP contribution < -0.4 is 5.14 Å². The van der Waals surface area contributed by atoms with Gasteiger partial charge in [0.2, 0.25) is 0 Å². The van der Waals surface area contributed by atoms with Gasteiger partial charge in [0.05, 0.1) is 14.1 Å². The van der Waals surface area contributed by atoms with Gasteiger partial charge in [-0.1, -0.05) is 11.6 Å². The Morgan fingerprint density at radius 1 is 1.57 bits per heavy atom. The van der Waals surface area contributed by atoms with Crippen molar-refractivity contribution in [2.75, 3.05) is 26.6 Å². The van der Waals surface area contributed by atoms with Crippen molar-refractivity contribution in [1.29, 1.82) is 0 Å². The van der Waals surface area contributed by atoms with Crippen LogP contribution in [0.1, 0.15) is 6.92 Å². The Morgan fingerprint density at radius 3 is 1.93 bits per heavy atom. The molecule has 1 unspecified atom stereocenters. The van der Waals surface area contributed by atoms with Gasteiger partial charge in [0.15, 0.2) is 16.3 Å². The predicted octanol–water partition coefficient (Wildman–Crippen LogP) is -0.955. The molecule has 0 spiro atoms. The standard InChI is InChI=1S/C6H15ClNO.H3NO3S/c1-6(9)4-8(2,3)5-7;1-5(2,3)4/h6,9H,4-5H2,1-3H3;(H3,1,2,3,4)/q+1;/p-1. The number of aliphatic hydroxyl groups excluding tert-OH is 1. The lowest BCUT2D eigenvalue weighted by atomic mass is 10.3. The number of alkyl halides is 1. The van der Waals surface area contributed by atoms with Crippen molar-refractivity contribution >= 4 is 21.9 Å². The van der Waals surface area contributed by atoms with E-state index in [1.165, 1.54) is 0 Å². The van der Waals surface area contributed by atoms with E-state index in [2.05, 4.69) is 5.14 Å². The Bertz CT molecular complexity index is 232. The van der Waals surface area contributed by atoms with Crippen LogP contribution in [0.15, 0.2) is 0 Å². The van der Waals surface area contributed by atoms with Crippen molar-refractivity contribution in [2.24, 2.45) is 5.14 Å². The average Bonchev–Trinajstić information content (AvgIpc) is 1.80. The molecule has 0 aromatic rings. The monoisotopic (exact) mass is 248 g/mol. The molecule has 0 aliphatic carbocycles. The van der Waals surface area contributed by atoms with E-state index in [4.69, 9.17) is 29.7 Å². The maximum absolute atomic E-state index is 8.94. The normalized spacial score (nSPS) is 14.2. The molecule has 0 amide bonds. The zero-order valence-electron chi connectivity index (χ0n) is 8.47. The highest BCUT2D eigenvalue weighted by Gasteiger charge is 2.15. The molecule has 1 atom stereocenters. The second-order valence-corrected chi connectivity index (χ2v) is 4.80. The van der Waals surface area contributed by atoms with Crippen molar-refractivity contribution in [3.8, 4) is 0 Å². The van der Waals surface area contributed by atoms with Gasteiger partial charge in [0, 0.05) is 0 Å². The van der Waals surface area contributed by atoms with Crippen LogP contribution in [0.5, 0.6) is 0 Å². The fraction of sp³-hybridized carbons (Fsp3) is 1.00. The number of likely N-dealkylation sites (N-methyl/N-ethyl adjacent to an activating group) is 1. The molecule has 6 nitrogen and oxygen atoms in total. The molecule has 0 rings (SSSR count). The minimum absolute atomic E-state index is 0.265. The van der Waals surface area contributed by atoms with Gasteiger partial charge in [-0.25, -0.2) is 13.6 Å². The summed E-state index contributed by atoms with van der Waals surface area (Å²) in [6.07, 6.45) is -0.265. The van der Waals surface area contributed by atoms with E-state index in [0.717, 1.165) is 0 Å². The van der Waals surface area contributed by atoms with Gasteiger partial charge in [-0.3, -0.25) is 0 Å². The SMILES string of the molecule is CC(O)C[N+](C)(C)CCl.NS(=O)(=O)[O-]. The summed E-state index contributed by atoms with van der Waals surface area (Å²) >= 11 is 5.60. The third kappa shape index (κ3) is 22.7. The van der Waals surface area contributed by atoms with Crippen molar-refractivity contribution in [1.82, 2.24) is 0 Å². The Morgan fingerprint density at radius 2 is 1.86 bits per heavy atom. The van der Waals surface area contributed by atoms with Gasteiger partial charge in [-0.05, 0) is 6.92 Å². The van der Waals surface area contributed by atoms with Gasteiger partial charge in [-0.15, -0.1) is 0 Å². The Kier molecular flexibility index (Phi) is 7.71. The Labute approximate surface area is 89.7 Å². The molecule has 8 heteroatoms. The highest BCUT2D eigenvalue weighted by molar-refractivity contribution is 7.83. The lowest BCUT2D eigenvalue weighted by Crippen LogP contribution is -2.43. The Balaban J connectivity index is 0. The van der Waals surface area contributed by atoms with E-state index < -0.39 is 10.3 Å². The highest BCUT2D eigenvalue weighted by Crippen LogP contribution is 2.00. The van der Waals surface area contributed by atoms with Crippen molar-refractivity contribution in [3.05, 3.63) is 0 Å². The van der Waals surface area contributed by atoms with E-state index in [0.29, 0.717) is 17.0 Å². The molecule has 0 saturated heterocycles. The zero-order chi connectivity index (χ0) is 12.0. The van der Waals surface area contributed by atoms with Crippen molar-refractivity contribution < 1.29 is 22.6 Å². The number of hydrogen-bond acceptors (Lipinski definition) is 4. The molecule has 0 radical (unpaired) electrons. The molecule has 88 valence electrons. The third-order valence-electron chi connectivity index (χ3n) is 1.08. The average molecular weight is 249 g/mol. The summed E-state index contributed by atoms with van der Waals surface area (Å²) in [6, 6.07) is 0.547. The van der Waals surface area contributed by atoms with Crippen LogP contribution in [0.2, 0.25) is 0 Å². The Hall–Kier alpha value is 0.0800. The summed E-state index contributed by atoms with van der Waals surface area (Å²) in [5, 5.41) is 12.7. The molecule has 0 bridgehead atoms. The molecular weight excluding hydrogens is 232 g/mol. The highest BCUT2D eigenvalue weighted by atomic mass is 35.5. The maximum Gasteiger partial charge on any atom is 0.156 e. The van der Waals surface area contributed by atoms with Crippen LogP contribution in [0.3, 0.4) is 0 Å². The molecule has 0 aromatic heterocycles. The van der Waals surface area contributed by atoms with E-state index in [-0.39, 0.29) is 6.10 Å². The minimum atomic E-state index is -4.42. The second-order valence-electron chi connectivity index (χ2n) is 3.58. The molecule has 0 aromatic carbocycles. The van der Waals surface area contributed by atoms with E-state index in [1.54, 1.807) is 6.92 Å². The smallest absolute Gasteiger partial charge is 0.156 e. The van der Waals surface area contributed by atoms with Crippen LogP contribution in [-0.4, -0.2) is 55.3 Å². The fourth-order valence-electron chi connectivity index (χ4n) is 0.764. The van der Waals surface area contributed by atoms with Crippen LogP contribution in [0, 0.1) is 0 Å². The quantitative estimate of drug-likeness (QED) is 0.291. The number of hydrogen-bond donors (Lipinski definition) is 2.